The van der Waals surface area contributed by atoms with Crippen LogP contribution in [0, 0.1) is 17.8 Å². The Morgan fingerprint density at radius 2 is 1.80 bits per heavy atom. The van der Waals surface area contributed by atoms with E-state index in [1.54, 1.807) is 0 Å². The minimum absolute atomic E-state index is 0.389. The van der Waals surface area contributed by atoms with Crippen LogP contribution in [0.1, 0.15) is 32.1 Å². The van der Waals surface area contributed by atoms with E-state index in [-0.39, 0.29) is 5.60 Å². The summed E-state index contributed by atoms with van der Waals surface area (Å²) >= 11 is 0. The van der Waals surface area contributed by atoms with E-state index in [0.717, 1.165) is 25.7 Å². The van der Waals surface area contributed by atoms with Crippen LogP contribution in [-0.2, 0) is 14.3 Å². The molecule has 0 aromatic rings. The number of carboxylic acids is 1. The van der Waals surface area contributed by atoms with E-state index in [0.29, 0.717) is 18.3 Å². The average Bonchev–Trinajstić information content (AvgIpc) is 3.02. The van der Waals surface area contributed by atoms with Crippen molar-refractivity contribution in [2.75, 3.05) is 0 Å². The molecule has 4 heteroatoms. The van der Waals surface area contributed by atoms with Crippen molar-refractivity contribution in [3.63, 3.8) is 0 Å². The lowest BCUT2D eigenvalue weighted by molar-refractivity contribution is -0.157. The van der Waals surface area contributed by atoms with Crippen molar-refractivity contribution >= 4 is 11.9 Å². The molecule has 1 atom stereocenters. The number of carbonyl (C=O) groups excluding carboxylic acids is 1. The largest absolute Gasteiger partial charge is 0.481 e. The third-order valence-electron chi connectivity index (χ3n) is 3.93. The molecule has 1 heterocycles. The van der Waals surface area contributed by atoms with Crippen LogP contribution in [0.2, 0.25) is 0 Å². The van der Waals surface area contributed by atoms with Crippen LogP contribution in [-0.4, -0.2) is 22.6 Å². The normalized spacial score (nSPS) is 33.9. The summed E-state index contributed by atoms with van der Waals surface area (Å²) in [6.07, 6.45) is 4.79. The second kappa shape index (κ2) is 2.74. The van der Waals surface area contributed by atoms with Gasteiger partial charge in [0.1, 0.15) is 5.60 Å². The van der Waals surface area contributed by atoms with Crippen LogP contribution >= 0.6 is 0 Å². The number of aliphatic carboxylic acids is 1. The predicted octanol–water partition coefficient (Wildman–Crippen LogP) is 1.19. The quantitative estimate of drug-likeness (QED) is 0.561. The lowest BCUT2D eigenvalue weighted by Gasteiger charge is -2.27. The molecule has 0 bridgehead atoms. The molecule has 4 nitrogen and oxygen atoms in total. The molecule has 1 saturated heterocycles. The van der Waals surface area contributed by atoms with Crippen LogP contribution < -0.4 is 0 Å². The molecule has 1 aliphatic heterocycles. The molecular formula is C11H14O4. The van der Waals surface area contributed by atoms with Crippen LogP contribution in [0.25, 0.3) is 0 Å². The van der Waals surface area contributed by atoms with Crippen molar-refractivity contribution in [3.05, 3.63) is 0 Å². The smallest absolute Gasteiger partial charge is 0.321 e. The van der Waals surface area contributed by atoms with Gasteiger partial charge < -0.3 is 9.84 Å². The number of hydrogen-bond acceptors (Lipinski definition) is 3. The van der Waals surface area contributed by atoms with Crippen LogP contribution in [0.3, 0.4) is 0 Å². The summed E-state index contributed by atoms with van der Waals surface area (Å²) in [5, 5.41) is 8.92. The number of esters is 1. The van der Waals surface area contributed by atoms with Crippen molar-refractivity contribution in [1.82, 2.24) is 0 Å². The average molecular weight is 210 g/mol. The summed E-state index contributed by atoms with van der Waals surface area (Å²) in [5.74, 6) is -1.56. The fourth-order valence-corrected chi connectivity index (χ4v) is 2.87. The van der Waals surface area contributed by atoms with Gasteiger partial charge in [-0.25, -0.2) is 0 Å². The summed E-state index contributed by atoms with van der Waals surface area (Å²) in [4.78, 5) is 22.4. The Balaban J connectivity index is 1.86. The maximum absolute atomic E-state index is 11.5. The van der Waals surface area contributed by atoms with E-state index < -0.39 is 17.9 Å². The van der Waals surface area contributed by atoms with E-state index in [1.165, 1.54) is 0 Å². The number of hydrogen-bond donors (Lipinski definition) is 1. The van der Waals surface area contributed by atoms with E-state index in [9.17, 15) is 9.59 Å². The molecule has 0 aromatic heterocycles. The standard InChI is InChI=1S/C11H14O4/c12-9(13)8-5-11(6-1-2-6,7-3-4-7)15-10(8)14/h6-8H,1-5H2,(H,12,13). The number of cyclic esters (lactones) is 1. The zero-order valence-electron chi connectivity index (χ0n) is 8.44. The van der Waals surface area contributed by atoms with Gasteiger partial charge >= 0.3 is 11.9 Å². The minimum Gasteiger partial charge on any atom is -0.481 e. The van der Waals surface area contributed by atoms with Crippen LogP contribution in [0.5, 0.6) is 0 Å². The summed E-state index contributed by atoms with van der Waals surface area (Å²) < 4.78 is 5.45. The van der Waals surface area contributed by atoms with Crippen molar-refractivity contribution < 1.29 is 19.4 Å². The fourth-order valence-electron chi connectivity index (χ4n) is 2.87. The summed E-state index contributed by atoms with van der Waals surface area (Å²) in [7, 11) is 0. The molecule has 0 spiro atoms. The van der Waals surface area contributed by atoms with Gasteiger partial charge in [0.2, 0.25) is 0 Å². The first-order chi connectivity index (χ1) is 7.13. The Hall–Kier alpha value is -1.06. The first-order valence-corrected chi connectivity index (χ1v) is 5.59. The van der Waals surface area contributed by atoms with Gasteiger partial charge in [-0.3, -0.25) is 9.59 Å². The Morgan fingerprint density at radius 3 is 2.13 bits per heavy atom. The highest BCUT2D eigenvalue weighted by Crippen LogP contribution is 2.59. The second-order valence-corrected chi connectivity index (χ2v) is 5.02. The van der Waals surface area contributed by atoms with Gasteiger partial charge in [-0.1, -0.05) is 0 Å². The van der Waals surface area contributed by atoms with E-state index in [1.807, 2.05) is 0 Å². The molecule has 0 radical (unpaired) electrons. The number of carbonyl (C=O) groups is 2. The van der Waals surface area contributed by atoms with Crippen molar-refractivity contribution in [2.45, 2.75) is 37.7 Å². The molecule has 3 fully saturated rings. The second-order valence-electron chi connectivity index (χ2n) is 5.02. The third-order valence-corrected chi connectivity index (χ3v) is 3.93. The SMILES string of the molecule is O=C(O)C1CC(C2CC2)(C2CC2)OC1=O. The van der Waals surface area contributed by atoms with Crippen molar-refractivity contribution in [1.29, 1.82) is 0 Å². The highest BCUT2D eigenvalue weighted by molar-refractivity contribution is 5.95. The molecular weight excluding hydrogens is 196 g/mol. The molecule has 3 aliphatic rings. The van der Waals surface area contributed by atoms with Gasteiger partial charge in [0.15, 0.2) is 5.92 Å². The summed E-state index contributed by atoms with van der Waals surface area (Å²) in [6, 6.07) is 0. The number of rotatable bonds is 3. The van der Waals surface area contributed by atoms with Gasteiger partial charge in [-0.2, -0.15) is 0 Å². The number of carboxylic acid groups (broad SMARTS) is 1. The lowest BCUT2D eigenvalue weighted by Crippen LogP contribution is -2.34. The Kier molecular flexibility index (Phi) is 1.68. The minimum atomic E-state index is -1.02. The first kappa shape index (κ1) is 9.19. The van der Waals surface area contributed by atoms with Gasteiger partial charge in [0.25, 0.3) is 0 Å². The highest BCUT2D eigenvalue weighted by Gasteiger charge is 2.63. The monoisotopic (exact) mass is 210 g/mol. The van der Waals surface area contributed by atoms with Gasteiger partial charge in [0.05, 0.1) is 0 Å². The maximum atomic E-state index is 11.5. The Morgan fingerprint density at radius 1 is 1.27 bits per heavy atom. The highest BCUT2D eigenvalue weighted by atomic mass is 16.6. The van der Waals surface area contributed by atoms with Gasteiger partial charge in [-0.15, -0.1) is 0 Å². The van der Waals surface area contributed by atoms with Crippen LogP contribution in [0.15, 0.2) is 0 Å². The summed E-state index contributed by atoms with van der Waals surface area (Å²) in [5.41, 5.74) is -0.389. The molecule has 0 amide bonds. The zero-order chi connectivity index (χ0) is 10.6. The zero-order valence-corrected chi connectivity index (χ0v) is 8.44. The first-order valence-electron chi connectivity index (χ1n) is 5.59. The molecule has 0 aromatic carbocycles. The van der Waals surface area contributed by atoms with E-state index >= 15 is 0 Å². The topological polar surface area (TPSA) is 63.6 Å². The molecule has 1 N–H and O–H groups in total. The van der Waals surface area contributed by atoms with E-state index in [2.05, 4.69) is 0 Å². The van der Waals surface area contributed by atoms with Crippen molar-refractivity contribution in [3.8, 4) is 0 Å². The number of ether oxygens (including phenoxy) is 1. The molecule has 2 aliphatic carbocycles. The molecule has 3 rings (SSSR count). The van der Waals surface area contributed by atoms with Crippen molar-refractivity contribution in [2.24, 2.45) is 17.8 Å². The Bertz CT molecular complexity index is 315. The fraction of sp³-hybridized carbons (Fsp3) is 0.818. The molecule has 1 unspecified atom stereocenters. The predicted molar refractivity (Wildman–Crippen MR) is 50.0 cm³/mol. The lowest BCUT2D eigenvalue weighted by atomic mass is 9.85. The molecule has 15 heavy (non-hydrogen) atoms. The molecule has 2 saturated carbocycles. The summed E-state index contributed by atoms with van der Waals surface area (Å²) in [6.45, 7) is 0. The molecule has 82 valence electrons. The van der Waals surface area contributed by atoms with Gasteiger partial charge in [-0.05, 0) is 37.5 Å². The van der Waals surface area contributed by atoms with E-state index in [4.69, 9.17) is 9.84 Å². The third kappa shape index (κ3) is 1.27. The van der Waals surface area contributed by atoms with Gasteiger partial charge in [0, 0.05) is 6.42 Å². The Labute approximate surface area is 87.6 Å². The van der Waals surface area contributed by atoms with Crippen LogP contribution in [0.4, 0.5) is 0 Å². The maximum Gasteiger partial charge on any atom is 0.321 e.